The van der Waals surface area contributed by atoms with Gasteiger partial charge in [0.2, 0.25) is 0 Å². The highest BCUT2D eigenvalue weighted by Gasteiger charge is 2.41. The molecule has 4 unspecified atom stereocenters. The molecular formula is C16H24N2O. The molecule has 0 saturated heterocycles. The second-order valence-electron chi connectivity index (χ2n) is 6.19. The Morgan fingerprint density at radius 2 is 2.16 bits per heavy atom. The number of ether oxygens (including phenoxy) is 1. The van der Waals surface area contributed by atoms with Gasteiger partial charge in [0.25, 0.3) is 0 Å². The summed E-state index contributed by atoms with van der Waals surface area (Å²) in [6, 6.07) is 6.43. The molecule has 4 atom stereocenters. The number of para-hydroxylation sites is 1. The lowest BCUT2D eigenvalue weighted by atomic mass is 9.84. The van der Waals surface area contributed by atoms with Crippen molar-refractivity contribution < 1.29 is 4.74 Å². The van der Waals surface area contributed by atoms with E-state index in [4.69, 9.17) is 10.5 Å². The molecule has 3 nitrogen and oxygen atoms in total. The van der Waals surface area contributed by atoms with Crippen molar-refractivity contribution in [2.24, 2.45) is 17.8 Å². The van der Waals surface area contributed by atoms with Gasteiger partial charge >= 0.3 is 0 Å². The van der Waals surface area contributed by atoms with Gasteiger partial charge in [-0.2, -0.15) is 0 Å². The molecule has 0 spiro atoms. The van der Waals surface area contributed by atoms with E-state index in [1.54, 1.807) is 7.11 Å². The molecule has 2 bridgehead atoms. The van der Waals surface area contributed by atoms with Crippen LogP contribution in [0.25, 0.3) is 0 Å². The molecular weight excluding hydrogens is 236 g/mol. The van der Waals surface area contributed by atoms with Crippen LogP contribution in [0.2, 0.25) is 0 Å². The molecule has 104 valence electrons. The zero-order valence-corrected chi connectivity index (χ0v) is 11.9. The number of hydrogen-bond acceptors (Lipinski definition) is 3. The van der Waals surface area contributed by atoms with Gasteiger partial charge in [0, 0.05) is 6.04 Å². The van der Waals surface area contributed by atoms with Crippen molar-refractivity contribution in [3.63, 3.8) is 0 Å². The molecule has 2 aliphatic rings. The van der Waals surface area contributed by atoms with E-state index >= 15 is 0 Å². The first-order chi connectivity index (χ1) is 9.19. The van der Waals surface area contributed by atoms with Crippen molar-refractivity contribution in [1.82, 2.24) is 0 Å². The average Bonchev–Trinajstić information content (AvgIpc) is 3.03. The summed E-state index contributed by atoms with van der Waals surface area (Å²) in [4.78, 5) is 0. The molecule has 2 aliphatic carbocycles. The van der Waals surface area contributed by atoms with E-state index in [1.165, 1.54) is 25.7 Å². The average molecular weight is 260 g/mol. The van der Waals surface area contributed by atoms with E-state index in [2.05, 4.69) is 12.2 Å². The highest BCUT2D eigenvalue weighted by molar-refractivity contribution is 5.73. The number of nitrogen functional groups attached to an aromatic ring is 1. The van der Waals surface area contributed by atoms with Gasteiger partial charge in [-0.3, -0.25) is 0 Å². The zero-order valence-electron chi connectivity index (χ0n) is 11.9. The fourth-order valence-electron chi connectivity index (χ4n) is 4.11. The molecule has 19 heavy (non-hydrogen) atoms. The van der Waals surface area contributed by atoms with Gasteiger partial charge < -0.3 is 15.8 Å². The number of hydrogen-bond donors (Lipinski definition) is 2. The molecule has 0 radical (unpaired) electrons. The maximum atomic E-state index is 6.13. The highest BCUT2D eigenvalue weighted by Crippen LogP contribution is 2.50. The second kappa shape index (κ2) is 4.95. The van der Waals surface area contributed by atoms with Crippen LogP contribution in [-0.4, -0.2) is 13.2 Å². The summed E-state index contributed by atoms with van der Waals surface area (Å²) in [5, 5.41) is 3.61. The van der Waals surface area contributed by atoms with Gasteiger partial charge in [-0.25, -0.2) is 0 Å². The normalized spacial score (nSPS) is 30.3. The van der Waals surface area contributed by atoms with Crippen molar-refractivity contribution in [1.29, 1.82) is 0 Å². The van der Waals surface area contributed by atoms with Crippen LogP contribution in [-0.2, 0) is 0 Å². The third-order valence-corrected chi connectivity index (χ3v) is 5.10. The Morgan fingerprint density at radius 1 is 1.32 bits per heavy atom. The van der Waals surface area contributed by atoms with Crippen molar-refractivity contribution in [2.45, 2.75) is 38.6 Å². The van der Waals surface area contributed by atoms with Crippen LogP contribution in [0.4, 0.5) is 11.4 Å². The van der Waals surface area contributed by atoms with E-state index in [1.807, 2.05) is 18.2 Å². The van der Waals surface area contributed by atoms with Crippen LogP contribution in [0, 0.1) is 17.8 Å². The van der Waals surface area contributed by atoms with Crippen molar-refractivity contribution in [3.05, 3.63) is 18.2 Å². The molecule has 1 aromatic carbocycles. The van der Waals surface area contributed by atoms with Crippen molar-refractivity contribution >= 4 is 11.4 Å². The topological polar surface area (TPSA) is 47.3 Å². The Hall–Kier alpha value is -1.38. The maximum Gasteiger partial charge on any atom is 0.143 e. The minimum absolute atomic E-state index is 0.490. The first-order valence-corrected chi connectivity index (χ1v) is 7.38. The summed E-state index contributed by atoms with van der Waals surface area (Å²) in [6.07, 6.45) is 5.72. The number of benzene rings is 1. The molecule has 3 heteroatoms. The van der Waals surface area contributed by atoms with Gasteiger partial charge in [0.1, 0.15) is 5.75 Å². The molecule has 0 aliphatic heterocycles. The number of methoxy groups -OCH3 is 1. The van der Waals surface area contributed by atoms with E-state index in [9.17, 15) is 0 Å². The molecule has 0 amide bonds. The molecule has 3 N–H and O–H groups in total. The van der Waals surface area contributed by atoms with E-state index in [0.717, 1.165) is 34.9 Å². The molecule has 2 fully saturated rings. The Kier molecular flexibility index (Phi) is 3.29. The van der Waals surface area contributed by atoms with Crippen LogP contribution in [0.1, 0.15) is 32.6 Å². The Bertz CT molecular complexity index is 460. The third-order valence-electron chi connectivity index (χ3n) is 5.10. The van der Waals surface area contributed by atoms with Gasteiger partial charge in [-0.15, -0.1) is 0 Å². The zero-order chi connectivity index (χ0) is 13.4. The number of anilines is 2. The van der Waals surface area contributed by atoms with Crippen molar-refractivity contribution in [2.75, 3.05) is 18.2 Å². The summed E-state index contributed by atoms with van der Waals surface area (Å²) in [5.74, 6) is 3.48. The number of fused-ring (bicyclic) bond motifs is 2. The van der Waals surface area contributed by atoms with E-state index in [0.29, 0.717) is 6.04 Å². The predicted molar refractivity (Wildman–Crippen MR) is 79.4 cm³/mol. The first kappa shape index (κ1) is 12.6. The van der Waals surface area contributed by atoms with Gasteiger partial charge in [0.05, 0.1) is 18.5 Å². The fraction of sp³-hybridized carbons (Fsp3) is 0.625. The quantitative estimate of drug-likeness (QED) is 0.814. The lowest BCUT2D eigenvalue weighted by Gasteiger charge is -2.29. The maximum absolute atomic E-state index is 6.13. The van der Waals surface area contributed by atoms with Crippen LogP contribution in [0.5, 0.6) is 5.75 Å². The summed E-state index contributed by atoms with van der Waals surface area (Å²) < 4.78 is 5.28. The third kappa shape index (κ3) is 2.26. The lowest BCUT2D eigenvalue weighted by Crippen LogP contribution is -2.30. The minimum Gasteiger partial charge on any atom is -0.495 e. The molecule has 2 saturated carbocycles. The van der Waals surface area contributed by atoms with Crippen LogP contribution < -0.4 is 15.8 Å². The Morgan fingerprint density at radius 3 is 2.79 bits per heavy atom. The van der Waals surface area contributed by atoms with Gasteiger partial charge in [0.15, 0.2) is 0 Å². The number of nitrogens with one attached hydrogen (secondary N) is 1. The van der Waals surface area contributed by atoms with E-state index in [-0.39, 0.29) is 0 Å². The second-order valence-corrected chi connectivity index (χ2v) is 6.19. The number of nitrogens with two attached hydrogens (primary N) is 1. The summed E-state index contributed by atoms with van der Waals surface area (Å²) in [6.45, 7) is 2.30. The summed E-state index contributed by atoms with van der Waals surface area (Å²) in [5.41, 5.74) is 7.86. The smallest absolute Gasteiger partial charge is 0.143 e. The lowest BCUT2D eigenvalue weighted by molar-refractivity contribution is 0.304. The van der Waals surface area contributed by atoms with Gasteiger partial charge in [-0.1, -0.05) is 12.5 Å². The van der Waals surface area contributed by atoms with Crippen LogP contribution >= 0.6 is 0 Å². The fourth-order valence-corrected chi connectivity index (χ4v) is 4.11. The minimum atomic E-state index is 0.490. The summed E-state index contributed by atoms with van der Waals surface area (Å²) >= 11 is 0. The standard InChI is InChI=1S/C16H24N2O/c1-10(13-9-11-6-7-12(13)8-11)18-14-4-3-5-15(19-2)16(14)17/h3-5,10-13,18H,6-9,17H2,1-2H3. The van der Waals surface area contributed by atoms with E-state index < -0.39 is 0 Å². The highest BCUT2D eigenvalue weighted by atomic mass is 16.5. The van der Waals surface area contributed by atoms with Crippen molar-refractivity contribution in [3.8, 4) is 5.75 Å². The predicted octanol–water partition coefficient (Wildman–Crippen LogP) is 3.51. The Balaban J connectivity index is 1.71. The monoisotopic (exact) mass is 260 g/mol. The van der Waals surface area contributed by atoms with Crippen LogP contribution in [0.3, 0.4) is 0 Å². The molecule has 1 aromatic rings. The SMILES string of the molecule is COc1cccc(NC(C)C2CC3CCC2C3)c1N. The van der Waals surface area contributed by atoms with Crippen LogP contribution in [0.15, 0.2) is 18.2 Å². The molecule has 0 heterocycles. The number of rotatable bonds is 4. The molecule has 3 rings (SSSR count). The summed E-state index contributed by atoms with van der Waals surface area (Å²) in [7, 11) is 1.66. The molecule has 0 aromatic heterocycles. The largest absolute Gasteiger partial charge is 0.495 e. The Labute approximate surface area is 115 Å². The first-order valence-electron chi connectivity index (χ1n) is 7.38. The van der Waals surface area contributed by atoms with Gasteiger partial charge in [-0.05, 0) is 56.1 Å².